The minimum Gasteiger partial charge on any atom is -0.481 e. The summed E-state index contributed by atoms with van der Waals surface area (Å²) in [6.45, 7) is 7.44. The number of anilines is 1. The van der Waals surface area contributed by atoms with E-state index in [-0.39, 0.29) is 11.7 Å². The smallest absolute Gasteiger partial charge is 0.265 e. The number of amides is 1. The first-order valence-electron chi connectivity index (χ1n) is 8.05. The lowest BCUT2D eigenvalue weighted by molar-refractivity contribution is -0.122. The van der Waals surface area contributed by atoms with Gasteiger partial charge in [-0.1, -0.05) is 38.1 Å². The molecule has 0 radical (unpaired) electrons. The number of nitrogens with one attached hydrogen (secondary N) is 1. The summed E-state index contributed by atoms with van der Waals surface area (Å²) in [5.74, 6) is 0.803. The van der Waals surface area contributed by atoms with E-state index in [2.05, 4.69) is 19.2 Å². The summed E-state index contributed by atoms with van der Waals surface area (Å²) in [4.78, 5) is 23.6. The number of carbonyl (C=O) groups is 2. The Bertz CT molecular complexity index is 720. The molecule has 2 aromatic carbocycles. The van der Waals surface area contributed by atoms with Crippen molar-refractivity contribution >= 4 is 17.4 Å². The predicted molar refractivity (Wildman–Crippen MR) is 95.7 cm³/mol. The molecule has 1 amide bonds. The van der Waals surface area contributed by atoms with Gasteiger partial charge in [0, 0.05) is 11.3 Å². The highest BCUT2D eigenvalue weighted by Gasteiger charge is 2.15. The molecule has 4 heteroatoms. The normalized spacial score (nSPS) is 11.9. The molecule has 0 aliphatic rings. The van der Waals surface area contributed by atoms with Crippen LogP contribution in [0, 0.1) is 0 Å². The monoisotopic (exact) mass is 325 g/mol. The van der Waals surface area contributed by atoms with Crippen LogP contribution in [0.15, 0.2) is 48.5 Å². The Morgan fingerprint density at radius 3 is 2.25 bits per heavy atom. The second kappa shape index (κ2) is 7.77. The summed E-state index contributed by atoms with van der Waals surface area (Å²) in [6.07, 6.45) is -0.643. The molecule has 0 aliphatic heterocycles. The Labute approximate surface area is 142 Å². The van der Waals surface area contributed by atoms with Gasteiger partial charge in [0.2, 0.25) is 0 Å². The van der Waals surface area contributed by atoms with E-state index in [1.165, 1.54) is 12.5 Å². The lowest BCUT2D eigenvalue weighted by atomic mass is 10.0. The fourth-order valence-corrected chi connectivity index (χ4v) is 2.25. The number of ketones is 1. The second-order valence-electron chi connectivity index (χ2n) is 6.11. The number of rotatable bonds is 6. The first-order chi connectivity index (χ1) is 11.4. The zero-order chi connectivity index (χ0) is 17.7. The van der Waals surface area contributed by atoms with Gasteiger partial charge in [0.15, 0.2) is 11.9 Å². The van der Waals surface area contributed by atoms with Gasteiger partial charge >= 0.3 is 0 Å². The standard InChI is InChI=1S/C20H23NO3/c1-13(2)16-8-10-19(11-9-16)24-15(4)20(23)21-18-7-5-6-17(12-18)14(3)22/h5-13,15H,1-4H3,(H,21,23). The summed E-state index contributed by atoms with van der Waals surface area (Å²) in [7, 11) is 0. The van der Waals surface area contributed by atoms with E-state index in [1.54, 1.807) is 31.2 Å². The SMILES string of the molecule is CC(=O)c1cccc(NC(=O)C(C)Oc2ccc(C(C)C)cc2)c1. The van der Waals surface area contributed by atoms with E-state index in [9.17, 15) is 9.59 Å². The molecular weight excluding hydrogens is 302 g/mol. The van der Waals surface area contributed by atoms with Crippen LogP contribution in [0.25, 0.3) is 0 Å². The molecule has 4 nitrogen and oxygen atoms in total. The van der Waals surface area contributed by atoms with Gasteiger partial charge in [-0.3, -0.25) is 9.59 Å². The fourth-order valence-electron chi connectivity index (χ4n) is 2.25. The summed E-state index contributed by atoms with van der Waals surface area (Å²) >= 11 is 0. The molecule has 126 valence electrons. The van der Waals surface area contributed by atoms with E-state index in [1.807, 2.05) is 24.3 Å². The summed E-state index contributed by atoms with van der Waals surface area (Å²) in [5, 5.41) is 2.77. The van der Waals surface area contributed by atoms with Crippen LogP contribution in [0.3, 0.4) is 0 Å². The van der Waals surface area contributed by atoms with Crippen molar-refractivity contribution in [2.75, 3.05) is 5.32 Å². The van der Waals surface area contributed by atoms with Gasteiger partial charge in [-0.15, -0.1) is 0 Å². The molecular formula is C20H23NO3. The molecule has 2 aromatic rings. The van der Waals surface area contributed by atoms with Gasteiger partial charge in [-0.25, -0.2) is 0 Å². The van der Waals surface area contributed by atoms with Crippen molar-refractivity contribution < 1.29 is 14.3 Å². The Morgan fingerprint density at radius 1 is 1.00 bits per heavy atom. The maximum Gasteiger partial charge on any atom is 0.265 e. The Kier molecular flexibility index (Phi) is 5.74. The first-order valence-corrected chi connectivity index (χ1v) is 8.05. The molecule has 24 heavy (non-hydrogen) atoms. The topological polar surface area (TPSA) is 55.4 Å². The van der Waals surface area contributed by atoms with E-state index in [0.717, 1.165) is 0 Å². The van der Waals surface area contributed by atoms with Crippen molar-refractivity contribution in [2.45, 2.75) is 39.7 Å². The number of Topliss-reactive ketones (excluding diaryl/α,β-unsaturated/α-hetero) is 1. The number of ether oxygens (including phenoxy) is 1. The summed E-state index contributed by atoms with van der Waals surface area (Å²) in [6, 6.07) is 14.6. The van der Waals surface area contributed by atoms with Crippen molar-refractivity contribution in [3.8, 4) is 5.75 Å². The summed E-state index contributed by atoms with van der Waals surface area (Å²) in [5.41, 5.74) is 2.37. The van der Waals surface area contributed by atoms with Crippen LogP contribution in [0.4, 0.5) is 5.69 Å². The Hall–Kier alpha value is -2.62. The zero-order valence-electron chi connectivity index (χ0n) is 14.5. The van der Waals surface area contributed by atoms with Gasteiger partial charge in [-0.2, -0.15) is 0 Å². The lowest BCUT2D eigenvalue weighted by Crippen LogP contribution is -2.30. The van der Waals surface area contributed by atoms with Crippen LogP contribution in [0.5, 0.6) is 5.75 Å². The van der Waals surface area contributed by atoms with Crippen molar-refractivity contribution in [3.63, 3.8) is 0 Å². The van der Waals surface area contributed by atoms with Crippen molar-refractivity contribution in [1.82, 2.24) is 0 Å². The summed E-state index contributed by atoms with van der Waals surface area (Å²) < 4.78 is 5.68. The molecule has 0 saturated carbocycles. The predicted octanol–water partition coefficient (Wildman–Crippen LogP) is 4.42. The number of hydrogen-bond donors (Lipinski definition) is 1. The van der Waals surface area contributed by atoms with Crippen molar-refractivity contribution in [1.29, 1.82) is 0 Å². The highest BCUT2D eigenvalue weighted by molar-refractivity contribution is 5.98. The second-order valence-corrected chi connectivity index (χ2v) is 6.11. The van der Waals surface area contributed by atoms with E-state index < -0.39 is 6.10 Å². The van der Waals surface area contributed by atoms with Gasteiger partial charge in [0.1, 0.15) is 5.75 Å². The van der Waals surface area contributed by atoms with Crippen LogP contribution in [-0.4, -0.2) is 17.8 Å². The third-order valence-electron chi connectivity index (χ3n) is 3.77. The number of benzene rings is 2. The average Bonchev–Trinajstić information content (AvgIpc) is 2.55. The molecule has 0 aliphatic carbocycles. The quantitative estimate of drug-likeness (QED) is 0.800. The average molecular weight is 325 g/mol. The molecule has 1 N–H and O–H groups in total. The minimum absolute atomic E-state index is 0.0411. The third-order valence-corrected chi connectivity index (χ3v) is 3.77. The van der Waals surface area contributed by atoms with Crippen LogP contribution in [0.1, 0.15) is 49.5 Å². The largest absolute Gasteiger partial charge is 0.481 e. The van der Waals surface area contributed by atoms with Gasteiger partial charge in [0.25, 0.3) is 5.91 Å². The van der Waals surface area contributed by atoms with E-state index >= 15 is 0 Å². The zero-order valence-corrected chi connectivity index (χ0v) is 14.5. The third kappa shape index (κ3) is 4.69. The molecule has 1 atom stereocenters. The molecule has 0 saturated heterocycles. The lowest BCUT2D eigenvalue weighted by Gasteiger charge is -2.15. The van der Waals surface area contributed by atoms with E-state index in [0.29, 0.717) is 22.9 Å². The Morgan fingerprint density at radius 2 is 1.67 bits per heavy atom. The number of hydrogen-bond acceptors (Lipinski definition) is 3. The molecule has 0 aromatic heterocycles. The highest BCUT2D eigenvalue weighted by Crippen LogP contribution is 2.20. The molecule has 0 bridgehead atoms. The highest BCUT2D eigenvalue weighted by atomic mass is 16.5. The fraction of sp³-hybridized carbons (Fsp3) is 0.300. The molecule has 0 spiro atoms. The molecule has 0 heterocycles. The Balaban J connectivity index is 1.99. The van der Waals surface area contributed by atoms with Crippen LogP contribution >= 0.6 is 0 Å². The van der Waals surface area contributed by atoms with Gasteiger partial charge in [0.05, 0.1) is 0 Å². The maximum absolute atomic E-state index is 12.3. The molecule has 0 fully saturated rings. The maximum atomic E-state index is 12.3. The first kappa shape index (κ1) is 17.7. The van der Waals surface area contributed by atoms with Crippen molar-refractivity contribution in [2.24, 2.45) is 0 Å². The number of carbonyl (C=O) groups excluding carboxylic acids is 2. The van der Waals surface area contributed by atoms with Gasteiger partial charge in [-0.05, 0) is 49.6 Å². The molecule has 2 rings (SSSR count). The van der Waals surface area contributed by atoms with Gasteiger partial charge < -0.3 is 10.1 Å². The van der Waals surface area contributed by atoms with Crippen LogP contribution in [0.2, 0.25) is 0 Å². The molecule has 1 unspecified atom stereocenters. The van der Waals surface area contributed by atoms with E-state index in [4.69, 9.17) is 4.74 Å². The minimum atomic E-state index is -0.643. The van der Waals surface area contributed by atoms with Crippen molar-refractivity contribution in [3.05, 3.63) is 59.7 Å². The van der Waals surface area contributed by atoms with Crippen LogP contribution in [-0.2, 0) is 4.79 Å². The van der Waals surface area contributed by atoms with Crippen LogP contribution < -0.4 is 10.1 Å².